The molecule has 0 bridgehead atoms. The van der Waals surface area contributed by atoms with Crippen molar-refractivity contribution in [2.24, 2.45) is 7.05 Å². The van der Waals surface area contributed by atoms with Crippen LogP contribution in [0.3, 0.4) is 0 Å². The first kappa shape index (κ1) is 12.8. The lowest BCUT2D eigenvalue weighted by Gasteiger charge is -2.23. The Hall–Kier alpha value is -0.620. The van der Waals surface area contributed by atoms with Crippen molar-refractivity contribution in [2.45, 2.75) is 19.6 Å². The molecular weight excluding hydrogens is 242 g/mol. The van der Waals surface area contributed by atoms with Crippen LogP contribution in [-0.2, 0) is 23.1 Å². The van der Waals surface area contributed by atoms with Gasteiger partial charge in [0.1, 0.15) is 0 Å². The highest BCUT2D eigenvalue weighted by Gasteiger charge is 2.15. The normalized spacial score (nSPS) is 20.8. The summed E-state index contributed by atoms with van der Waals surface area (Å²) < 4.78 is 12.7. The molecule has 0 saturated carbocycles. The van der Waals surface area contributed by atoms with Gasteiger partial charge in [-0.1, -0.05) is 11.6 Å². The number of halogens is 1. The van der Waals surface area contributed by atoms with Crippen LogP contribution in [0.2, 0.25) is 5.02 Å². The molecule has 0 aliphatic carbocycles. The van der Waals surface area contributed by atoms with Gasteiger partial charge in [0.25, 0.3) is 0 Å². The standard InChI is InChI=1S/C11H18ClN3O2/c1-8-11(12)10(15(2)14-8)6-13-5-9-7-16-3-4-17-9/h9,13H,3-7H2,1-2H3. The van der Waals surface area contributed by atoms with Crippen molar-refractivity contribution in [3.8, 4) is 0 Å². The van der Waals surface area contributed by atoms with E-state index in [0.29, 0.717) is 26.4 Å². The van der Waals surface area contributed by atoms with E-state index in [2.05, 4.69) is 10.4 Å². The lowest BCUT2D eigenvalue weighted by molar-refractivity contribution is -0.0864. The van der Waals surface area contributed by atoms with E-state index in [-0.39, 0.29) is 6.10 Å². The van der Waals surface area contributed by atoms with Gasteiger partial charge in [0, 0.05) is 20.1 Å². The molecule has 5 nitrogen and oxygen atoms in total. The molecule has 1 fully saturated rings. The van der Waals surface area contributed by atoms with Crippen molar-refractivity contribution in [3.63, 3.8) is 0 Å². The first-order valence-corrected chi connectivity index (χ1v) is 6.14. The Labute approximate surface area is 106 Å². The van der Waals surface area contributed by atoms with Gasteiger partial charge in [-0.2, -0.15) is 5.10 Å². The van der Waals surface area contributed by atoms with Crippen LogP contribution in [0.1, 0.15) is 11.4 Å². The molecule has 1 saturated heterocycles. The molecule has 0 amide bonds. The summed E-state index contributed by atoms with van der Waals surface area (Å²) in [7, 11) is 1.90. The lowest BCUT2D eigenvalue weighted by atomic mass is 10.3. The highest BCUT2D eigenvalue weighted by Crippen LogP contribution is 2.18. The summed E-state index contributed by atoms with van der Waals surface area (Å²) >= 11 is 6.16. The molecule has 1 unspecified atom stereocenters. The molecule has 1 N–H and O–H groups in total. The van der Waals surface area contributed by atoms with Gasteiger partial charge in [-0.15, -0.1) is 0 Å². The van der Waals surface area contributed by atoms with E-state index < -0.39 is 0 Å². The SMILES string of the molecule is Cc1nn(C)c(CNCC2COCCO2)c1Cl. The number of nitrogens with zero attached hydrogens (tertiary/aromatic N) is 2. The topological polar surface area (TPSA) is 48.3 Å². The Bertz CT molecular complexity index is 375. The van der Waals surface area contributed by atoms with E-state index in [1.165, 1.54) is 0 Å². The molecule has 2 heterocycles. The zero-order valence-electron chi connectivity index (χ0n) is 10.2. The lowest BCUT2D eigenvalue weighted by Crippen LogP contribution is -2.37. The van der Waals surface area contributed by atoms with Crippen molar-refractivity contribution >= 4 is 11.6 Å². The molecule has 6 heteroatoms. The van der Waals surface area contributed by atoms with Crippen LogP contribution < -0.4 is 5.32 Å². The van der Waals surface area contributed by atoms with E-state index in [9.17, 15) is 0 Å². The van der Waals surface area contributed by atoms with Crippen LogP contribution in [0, 0.1) is 6.92 Å². The third-order valence-electron chi connectivity index (χ3n) is 2.81. The molecule has 96 valence electrons. The highest BCUT2D eigenvalue weighted by molar-refractivity contribution is 6.31. The van der Waals surface area contributed by atoms with Gasteiger partial charge in [0.05, 0.1) is 42.3 Å². The van der Waals surface area contributed by atoms with Crippen LogP contribution in [0.15, 0.2) is 0 Å². The maximum atomic E-state index is 6.16. The first-order chi connectivity index (χ1) is 8.18. The summed E-state index contributed by atoms with van der Waals surface area (Å²) in [5.74, 6) is 0. The van der Waals surface area contributed by atoms with Crippen molar-refractivity contribution in [2.75, 3.05) is 26.4 Å². The maximum Gasteiger partial charge on any atom is 0.0933 e. The summed E-state index contributed by atoms with van der Waals surface area (Å²) in [5, 5.41) is 8.32. The molecule has 0 spiro atoms. The Kier molecular flexibility index (Phi) is 4.39. The van der Waals surface area contributed by atoms with Gasteiger partial charge in [-0.05, 0) is 6.92 Å². The summed E-state index contributed by atoms with van der Waals surface area (Å²) in [6.45, 7) is 5.40. The number of hydrogen-bond donors (Lipinski definition) is 1. The van der Waals surface area contributed by atoms with Crippen molar-refractivity contribution in [1.82, 2.24) is 15.1 Å². The van der Waals surface area contributed by atoms with Crippen LogP contribution >= 0.6 is 11.6 Å². The Morgan fingerprint density at radius 2 is 2.35 bits per heavy atom. The van der Waals surface area contributed by atoms with Gasteiger partial charge in [-0.3, -0.25) is 4.68 Å². The highest BCUT2D eigenvalue weighted by atomic mass is 35.5. The largest absolute Gasteiger partial charge is 0.376 e. The van der Waals surface area contributed by atoms with Gasteiger partial charge in [-0.25, -0.2) is 0 Å². The molecule has 1 aromatic heterocycles. The zero-order chi connectivity index (χ0) is 12.3. The third kappa shape index (κ3) is 3.19. The minimum Gasteiger partial charge on any atom is -0.376 e. The van der Waals surface area contributed by atoms with Crippen molar-refractivity contribution in [3.05, 3.63) is 16.4 Å². The summed E-state index contributed by atoms with van der Waals surface area (Å²) in [6.07, 6.45) is 0.136. The minimum absolute atomic E-state index is 0.136. The number of aryl methyl sites for hydroxylation is 2. The Morgan fingerprint density at radius 3 is 2.94 bits per heavy atom. The quantitative estimate of drug-likeness (QED) is 0.872. The van der Waals surface area contributed by atoms with Gasteiger partial charge in [0.15, 0.2) is 0 Å². The van der Waals surface area contributed by atoms with Crippen LogP contribution in [0.25, 0.3) is 0 Å². The van der Waals surface area contributed by atoms with Crippen LogP contribution in [0.5, 0.6) is 0 Å². The molecular formula is C11H18ClN3O2. The fourth-order valence-corrected chi connectivity index (χ4v) is 2.11. The average Bonchev–Trinajstić information content (AvgIpc) is 2.57. The van der Waals surface area contributed by atoms with Gasteiger partial charge < -0.3 is 14.8 Å². The predicted molar refractivity (Wildman–Crippen MR) is 65.2 cm³/mol. The summed E-state index contributed by atoms with van der Waals surface area (Å²) in [4.78, 5) is 0. The molecule has 0 radical (unpaired) electrons. The number of ether oxygens (including phenoxy) is 2. The van der Waals surface area contributed by atoms with E-state index in [0.717, 1.165) is 23.0 Å². The summed E-state index contributed by atoms with van der Waals surface area (Å²) in [5.41, 5.74) is 1.86. The second-order valence-electron chi connectivity index (χ2n) is 4.17. The summed E-state index contributed by atoms with van der Waals surface area (Å²) in [6, 6.07) is 0. The monoisotopic (exact) mass is 259 g/mol. The Morgan fingerprint density at radius 1 is 1.53 bits per heavy atom. The second-order valence-corrected chi connectivity index (χ2v) is 4.55. The average molecular weight is 260 g/mol. The number of aromatic nitrogens is 2. The maximum absolute atomic E-state index is 6.16. The molecule has 1 aliphatic rings. The van der Waals surface area contributed by atoms with Crippen LogP contribution in [-0.4, -0.2) is 42.2 Å². The first-order valence-electron chi connectivity index (χ1n) is 5.76. The fourth-order valence-electron chi connectivity index (χ4n) is 1.88. The number of hydrogen-bond acceptors (Lipinski definition) is 4. The van der Waals surface area contributed by atoms with E-state index in [4.69, 9.17) is 21.1 Å². The van der Waals surface area contributed by atoms with Crippen molar-refractivity contribution < 1.29 is 9.47 Å². The molecule has 2 rings (SSSR count). The second kappa shape index (κ2) is 5.82. The molecule has 0 aromatic carbocycles. The Balaban J connectivity index is 1.81. The zero-order valence-corrected chi connectivity index (χ0v) is 11.0. The number of rotatable bonds is 4. The number of nitrogens with one attached hydrogen (secondary N) is 1. The van der Waals surface area contributed by atoms with E-state index in [1.807, 2.05) is 18.7 Å². The molecule has 1 aromatic rings. The smallest absolute Gasteiger partial charge is 0.0933 e. The fraction of sp³-hybridized carbons (Fsp3) is 0.727. The molecule has 17 heavy (non-hydrogen) atoms. The third-order valence-corrected chi connectivity index (χ3v) is 3.30. The molecule has 1 aliphatic heterocycles. The van der Waals surface area contributed by atoms with Gasteiger partial charge >= 0.3 is 0 Å². The van der Waals surface area contributed by atoms with E-state index >= 15 is 0 Å². The predicted octanol–water partition coefficient (Wildman–Crippen LogP) is 0.887. The minimum atomic E-state index is 0.136. The van der Waals surface area contributed by atoms with E-state index in [1.54, 1.807) is 0 Å². The van der Waals surface area contributed by atoms with Gasteiger partial charge in [0.2, 0.25) is 0 Å². The van der Waals surface area contributed by atoms with Crippen LogP contribution in [0.4, 0.5) is 0 Å². The molecule has 1 atom stereocenters. The van der Waals surface area contributed by atoms with Crippen molar-refractivity contribution in [1.29, 1.82) is 0 Å².